The van der Waals surface area contributed by atoms with E-state index in [2.05, 4.69) is 0 Å². The van der Waals surface area contributed by atoms with Crippen molar-refractivity contribution in [1.29, 1.82) is 0 Å². The molecule has 0 amide bonds. The van der Waals surface area contributed by atoms with E-state index >= 15 is 0 Å². The molecule has 0 saturated carbocycles. The van der Waals surface area contributed by atoms with Crippen molar-refractivity contribution in [2.24, 2.45) is 0 Å². The molecule has 0 aliphatic rings. The number of phenols is 2. The molecule has 4 nitrogen and oxygen atoms in total. The molecule has 0 bridgehead atoms. The highest BCUT2D eigenvalue weighted by atomic mass is 16.3. The topological polar surface area (TPSA) is 70.7 Å². The summed E-state index contributed by atoms with van der Waals surface area (Å²) in [6, 6.07) is 7.26. The Morgan fingerprint density at radius 2 is 2.06 bits per heavy atom. The number of hydrogen-bond acceptors (Lipinski definition) is 4. The Kier molecular flexibility index (Phi) is 2.64. The molecule has 0 atom stereocenters. The third-order valence-electron chi connectivity index (χ3n) is 2.20. The summed E-state index contributed by atoms with van der Waals surface area (Å²) in [7, 11) is 0. The highest BCUT2D eigenvalue weighted by Crippen LogP contribution is 2.23. The van der Waals surface area contributed by atoms with Crippen molar-refractivity contribution in [2.45, 2.75) is 6.42 Å². The third-order valence-corrected chi connectivity index (χ3v) is 2.20. The van der Waals surface area contributed by atoms with Crippen molar-refractivity contribution in [3.8, 4) is 11.5 Å². The monoisotopic (exact) mass is 218 g/mol. The molecule has 0 radical (unpaired) electrons. The van der Waals surface area contributed by atoms with Gasteiger partial charge in [0.25, 0.3) is 0 Å². The number of Topliss-reactive ketones (excluding diaryl/α,β-unsaturated/α-hetero) is 1. The first-order chi connectivity index (χ1) is 7.66. The Hall–Kier alpha value is -2.23. The summed E-state index contributed by atoms with van der Waals surface area (Å²) in [6.07, 6.45) is 1.57. The van der Waals surface area contributed by atoms with E-state index in [0.29, 0.717) is 5.76 Å². The molecule has 2 rings (SSSR count). The first-order valence-corrected chi connectivity index (χ1v) is 4.74. The Labute approximate surface area is 91.8 Å². The lowest BCUT2D eigenvalue weighted by Gasteiger charge is -2.02. The van der Waals surface area contributed by atoms with Crippen LogP contribution >= 0.6 is 0 Å². The van der Waals surface area contributed by atoms with Gasteiger partial charge < -0.3 is 14.6 Å². The van der Waals surface area contributed by atoms with Crippen LogP contribution in [0.3, 0.4) is 0 Å². The van der Waals surface area contributed by atoms with Crippen LogP contribution in [0.4, 0.5) is 0 Å². The minimum absolute atomic E-state index is 0.0768. The number of aromatic hydroxyl groups is 2. The van der Waals surface area contributed by atoms with Crippen molar-refractivity contribution in [3.05, 3.63) is 47.9 Å². The van der Waals surface area contributed by atoms with E-state index in [1.807, 2.05) is 0 Å². The molecular weight excluding hydrogens is 208 g/mol. The summed E-state index contributed by atoms with van der Waals surface area (Å²) in [4.78, 5) is 11.7. The van der Waals surface area contributed by atoms with Crippen molar-refractivity contribution >= 4 is 5.78 Å². The second-order valence-corrected chi connectivity index (χ2v) is 3.38. The number of ketones is 1. The maximum absolute atomic E-state index is 11.7. The number of benzene rings is 1. The highest BCUT2D eigenvalue weighted by molar-refractivity contribution is 5.99. The second-order valence-electron chi connectivity index (χ2n) is 3.38. The standard InChI is InChI=1S/C12H10O4/c13-8-3-4-10(11(14)6-8)12(15)7-9-2-1-5-16-9/h1-6,13-14H,7H2. The summed E-state index contributed by atoms with van der Waals surface area (Å²) >= 11 is 0. The Morgan fingerprint density at radius 3 is 2.69 bits per heavy atom. The average molecular weight is 218 g/mol. The summed E-state index contributed by atoms with van der Waals surface area (Å²) in [5.41, 5.74) is 0.175. The van der Waals surface area contributed by atoms with Gasteiger partial charge in [0.1, 0.15) is 17.3 Å². The van der Waals surface area contributed by atoms with Gasteiger partial charge in [-0.25, -0.2) is 0 Å². The van der Waals surface area contributed by atoms with Gasteiger partial charge in [-0.15, -0.1) is 0 Å². The van der Waals surface area contributed by atoms with E-state index < -0.39 is 0 Å². The lowest BCUT2D eigenvalue weighted by molar-refractivity contribution is 0.0984. The van der Waals surface area contributed by atoms with Crippen LogP contribution in [0.25, 0.3) is 0 Å². The molecule has 16 heavy (non-hydrogen) atoms. The Bertz CT molecular complexity index is 500. The first kappa shape index (κ1) is 10.3. The largest absolute Gasteiger partial charge is 0.508 e. The van der Waals surface area contributed by atoms with E-state index in [9.17, 15) is 9.90 Å². The Morgan fingerprint density at radius 1 is 1.25 bits per heavy atom. The summed E-state index contributed by atoms with van der Waals surface area (Å²) in [5, 5.41) is 18.6. The molecule has 1 aromatic carbocycles. The molecule has 2 aromatic rings. The van der Waals surface area contributed by atoms with Crippen LogP contribution in [0.1, 0.15) is 16.1 Å². The third kappa shape index (κ3) is 2.06. The number of phenolic OH excluding ortho intramolecular Hbond substituents is 2. The van der Waals surface area contributed by atoms with Crippen LogP contribution in [0.2, 0.25) is 0 Å². The fourth-order valence-corrected chi connectivity index (χ4v) is 1.42. The zero-order chi connectivity index (χ0) is 11.5. The van der Waals surface area contributed by atoms with Crippen molar-refractivity contribution < 1.29 is 19.4 Å². The predicted octanol–water partition coefficient (Wildman–Crippen LogP) is 2.12. The molecular formula is C12H10O4. The summed E-state index contributed by atoms with van der Waals surface area (Å²) < 4.78 is 5.04. The van der Waals surface area contributed by atoms with Crippen LogP contribution in [0, 0.1) is 0 Å². The Balaban J connectivity index is 2.21. The van der Waals surface area contributed by atoms with Gasteiger partial charge in [-0.05, 0) is 24.3 Å². The van der Waals surface area contributed by atoms with Crippen LogP contribution in [-0.2, 0) is 6.42 Å². The fourth-order valence-electron chi connectivity index (χ4n) is 1.42. The second kappa shape index (κ2) is 4.10. The maximum Gasteiger partial charge on any atom is 0.174 e. The quantitative estimate of drug-likeness (QED) is 0.774. The van der Waals surface area contributed by atoms with Crippen molar-refractivity contribution in [2.75, 3.05) is 0 Å². The molecule has 0 fully saturated rings. The maximum atomic E-state index is 11.7. The molecule has 1 aromatic heterocycles. The van der Waals surface area contributed by atoms with E-state index in [4.69, 9.17) is 9.52 Å². The fraction of sp³-hybridized carbons (Fsp3) is 0.0833. The minimum atomic E-state index is -0.257. The molecule has 2 N–H and O–H groups in total. The SMILES string of the molecule is O=C(Cc1ccco1)c1ccc(O)cc1O. The number of furan rings is 1. The molecule has 82 valence electrons. The van der Waals surface area contributed by atoms with Gasteiger partial charge in [0, 0.05) is 6.07 Å². The van der Waals surface area contributed by atoms with Crippen molar-refractivity contribution in [1.82, 2.24) is 0 Å². The zero-order valence-electron chi connectivity index (χ0n) is 8.38. The highest BCUT2D eigenvalue weighted by Gasteiger charge is 2.13. The molecule has 0 saturated heterocycles. The summed E-state index contributed by atoms with van der Waals surface area (Å²) in [5.74, 6) is -0.0199. The molecule has 0 spiro atoms. The number of carbonyl (C=O) groups is 1. The van der Waals surface area contributed by atoms with Gasteiger partial charge in [0.15, 0.2) is 5.78 Å². The van der Waals surface area contributed by atoms with Crippen LogP contribution in [0.5, 0.6) is 11.5 Å². The number of rotatable bonds is 3. The lowest BCUT2D eigenvalue weighted by atomic mass is 10.1. The van der Waals surface area contributed by atoms with Gasteiger partial charge >= 0.3 is 0 Å². The van der Waals surface area contributed by atoms with E-state index in [1.165, 1.54) is 18.4 Å². The van der Waals surface area contributed by atoms with E-state index in [0.717, 1.165) is 6.07 Å². The molecule has 1 heterocycles. The lowest BCUT2D eigenvalue weighted by Crippen LogP contribution is -2.02. The molecule has 0 unspecified atom stereocenters. The van der Waals surface area contributed by atoms with Crippen LogP contribution in [0.15, 0.2) is 41.0 Å². The number of carbonyl (C=O) groups excluding carboxylic acids is 1. The normalized spacial score (nSPS) is 10.2. The van der Waals surface area contributed by atoms with Gasteiger partial charge in [0.2, 0.25) is 0 Å². The van der Waals surface area contributed by atoms with Gasteiger partial charge in [-0.2, -0.15) is 0 Å². The average Bonchev–Trinajstić information content (AvgIpc) is 2.70. The predicted molar refractivity (Wildman–Crippen MR) is 56.5 cm³/mol. The summed E-state index contributed by atoms with van der Waals surface area (Å²) in [6.45, 7) is 0. The van der Waals surface area contributed by atoms with Crippen LogP contribution in [-0.4, -0.2) is 16.0 Å². The molecule has 0 aliphatic heterocycles. The van der Waals surface area contributed by atoms with Gasteiger partial charge in [0.05, 0.1) is 18.2 Å². The molecule has 0 aliphatic carbocycles. The minimum Gasteiger partial charge on any atom is -0.508 e. The number of hydrogen-bond donors (Lipinski definition) is 2. The first-order valence-electron chi connectivity index (χ1n) is 4.74. The van der Waals surface area contributed by atoms with Crippen molar-refractivity contribution in [3.63, 3.8) is 0 Å². The molecule has 4 heteroatoms. The van der Waals surface area contributed by atoms with E-state index in [-0.39, 0.29) is 29.3 Å². The van der Waals surface area contributed by atoms with Gasteiger partial charge in [-0.3, -0.25) is 4.79 Å². The van der Waals surface area contributed by atoms with E-state index in [1.54, 1.807) is 12.1 Å². The van der Waals surface area contributed by atoms with Crippen LogP contribution < -0.4 is 0 Å². The van der Waals surface area contributed by atoms with Gasteiger partial charge in [-0.1, -0.05) is 0 Å². The smallest absolute Gasteiger partial charge is 0.174 e. The zero-order valence-corrected chi connectivity index (χ0v) is 8.38.